The third kappa shape index (κ3) is 4.20. The molecule has 0 aromatic heterocycles. The van der Waals surface area contributed by atoms with Gasteiger partial charge < -0.3 is 9.47 Å². The highest BCUT2D eigenvalue weighted by atomic mass is 35.5. The number of ether oxygens (including phenoxy) is 2. The summed E-state index contributed by atoms with van der Waals surface area (Å²) in [6, 6.07) is 2.84. The van der Waals surface area contributed by atoms with Crippen LogP contribution >= 0.6 is 23.2 Å². The maximum atomic E-state index is 11.3. The Morgan fingerprint density at radius 3 is 2.61 bits per heavy atom. The fourth-order valence-electron chi connectivity index (χ4n) is 1.25. The van der Waals surface area contributed by atoms with Gasteiger partial charge in [-0.3, -0.25) is 4.79 Å². The second-order valence-corrected chi connectivity index (χ2v) is 4.59. The molecule has 0 fully saturated rings. The number of esters is 1. The van der Waals surface area contributed by atoms with Crippen LogP contribution in [0.15, 0.2) is 12.1 Å². The zero-order chi connectivity index (χ0) is 13.7. The minimum atomic E-state index is -0.534. The van der Waals surface area contributed by atoms with Gasteiger partial charge in [-0.05, 0) is 26.0 Å². The van der Waals surface area contributed by atoms with Crippen LogP contribution in [-0.2, 0) is 9.53 Å². The molecule has 1 rings (SSSR count). The van der Waals surface area contributed by atoms with E-state index in [-0.39, 0.29) is 29.0 Å². The normalized spacial score (nSPS) is 10.3. The van der Waals surface area contributed by atoms with Gasteiger partial charge in [-0.2, -0.15) is 0 Å². The van der Waals surface area contributed by atoms with Gasteiger partial charge in [0.1, 0.15) is 5.75 Å². The first kappa shape index (κ1) is 14.8. The highest BCUT2D eigenvalue weighted by Gasteiger charge is 2.13. The average Bonchev–Trinajstić information content (AvgIpc) is 2.25. The van der Waals surface area contributed by atoms with Gasteiger partial charge in [-0.25, -0.2) is 4.79 Å². The molecule has 98 valence electrons. The Hall–Kier alpha value is -1.26. The van der Waals surface area contributed by atoms with Gasteiger partial charge in [0.05, 0.1) is 16.7 Å². The second kappa shape index (κ2) is 6.61. The van der Waals surface area contributed by atoms with E-state index in [1.807, 2.05) is 0 Å². The first-order valence-electron chi connectivity index (χ1n) is 5.20. The van der Waals surface area contributed by atoms with Crippen molar-refractivity contribution >= 4 is 35.5 Å². The summed E-state index contributed by atoms with van der Waals surface area (Å²) < 4.78 is 10.1. The van der Waals surface area contributed by atoms with Crippen molar-refractivity contribution in [3.05, 3.63) is 27.7 Å². The number of benzene rings is 1. The molecule has 0 N–H and O–H groups in total. The monoisotopic (exact) mass is 290 g/mol. The van der Waals surface area contributed by atoms with Crippen LogP contribution in [0.2, 0.25) is 10.0 Å². The van der Waals surface area contributed by atoms with Gasteiger partial charge in [0.15, 0.2) is 12.9 Å². The molecule has 0 atom stereocenters. The van der Waals surface area contributed by atoms with Crippen LogP contribution < -0.4 is 4.74 Å². The molecule has 0 unspecified atom stereocenters. The van der Waals surface area contributed by atoms with Gasteiger partial charge in [0, 0.05) is 5.02 Å². The number of aldehydes is 1. The predicted molar refractivity (Wildman–Crippen MR) is 68.6 cm³/mol. The molecule has 0 spiro atoms. The average molecular weight is 291 g/mol. The quantitative estimate of drug-likeness (QED) is 0.617. The number of hydrogen-bond donors (Lipinski definition) is 0. The van der Waals surface area contributed by atoms with Crippen LogP contribution in [0, 0.1) is 0 Å². The van der Waals surface area contributed by atoms with Crippen LogP contribution in [0.4, 0.5) is 0 Å². The molecule has 0 heterocycles. The van der Waals surface area contributed by atoms with Crippen LogP contribution in [-0.4, -0.2) is 25.0 Å². The number of hydrogen-bond acceptors (Lipinski definition) is 4. The van der Waals surface area contributed by atoms with Crippen molar-refractivity contribution in [1.29, 1.82) is 0 Å². The topological polar surface area (TPSA) is 52.6 Å². The standard InChI is InChI=1S/C12H12Cl2O4/c1-7(2)18-11(16)6-17-12-8(5-15)3-9(13)4-10(12)14/h3-5,7H,6H2,1-2H3. The first-order valence-corrected chi connectivity index (χ1v) is 5.96. The van der Waals surface area contributed by atoms with E-state index in [0.717, 1.165) is 0 Å². The summed E-state index contributed by atoms with van der Waals surface area (Å²) >= 11 is 11.6. The predicted octanol–water partition coefficient (Wildman–Crippen LogP) is 3.14. The summed E-state index contributed by atoms with van der Waals surface area (Å²) in [6.07, 6.45) is 0.327. The highest BCUT2D eigenvalue weighted by Crippen LogP contribution is 2.31. The van der Waals surface area contributed by atoms with E-state index in [2.05, 4.69) is 0 Å². The van der Waals surface area contributed by atoms with E-state index in [1.54, 1.807) is 13.8 Å². The Morgan fingerprint density at radius 1 is 1.39 bits per heavy atom. The zero-order valence-corrected chi connectivity index (χ0v) is 11.4. The molecule has 4 nitrogen and oxygen atoms in total. The van der Waals surface area contributed by atoms with E-state index < -0.39 is 5.97 Å². The van der Waals surface area contributed by atoms with Crippen molar-refractivity contribution in [2.24, 2.45) is 0 Å². The summed E-state index contributed by atoms with van der Waals surface area (Å²) in [5.41, 5.74) is 0.185. The lowest BCUT2D eigenvalue weighted by atomic mass is 10.2. The Kier molecular flexibility index (Phi) is 5.44. The van der Waals surface area contributed by atoms with Gasteiger partial charge >= 0.3 is 5.97 Å². The molecule has 1 aromatic carbocycles. The van der Waals surface area contributed by atoms with Crippen LogP contribution in [0.1, 0.15) is 24.2 Å². The Bertz CT molecular complexity index is 458. The molecular formula is C12H12Cl2O4. The van der Waals surface area contributed by atoms with E-state index in [1.165, 1.54) is 12.1 Å². The smallest absolute Gasteiger partial charge is 0.344 e. The fourth-order valence-corrected chi connectivity index (χ4v) is 1.81. The summed E-state index contributed by atoms with van der Waals surface area (Å²) in [7, 11) is 0. The van der Waals surface area contributed by atoms with Gasteiger partial charge in [-0.15, -0.1) is 0 Å². The number of halogens is 2. The second-order valence-electron chi connectivity index (χ2n) is 3.75. The molecular weight excluding hydrogens is 279 g/mol. The number of rotatable bonds is 5. The Balaban J connectivity index is 2.78. The summed E-state index contributed by atoms with van der Waals surface area (Å²) in [5.74, 6) is -0.412. The molecule has 1 aromatic rings. The minimum absolute atomic E-state index is 0.122. The van der Waals surface area contributed by atoms with E-state index in [4.69, 9.17) is 32.7 Å². The molecule has 0 aliphatic rings. The summed E-state index contributed by atoms with van der Waals surface area (Å²) in [4.78, 5) is 22.1. The molecule has 6 heteroatoms. The molecule has 0 saturated heterocycles. The lowest BCUT2D eigenvalue weighted by Crippen LogP contribution is -2.19. The van der Waals surface area contributed by atoms with Crippen LogP contribution in [0.5, 0.6) is 5.75 Å². The van der Waals surface area contributed by atoms with Crippen molar-refractivity contribution in [2.75, 3.05) is 6.61 Å². The van der Waals surface area contributed by atoms with Gasteiger partial charge in [0.25, 0.3) is 0 Å². The van der Waals surface area contributed by atoms with Gasteiger partial charge in [0.2, 0.25) is 0 Å². The molecule has 0 aliphatic carbocycles. The summed E-state index contributed by atoms with van der Waals surface area (Å²) in [6.45, 7) is 3.13. The van der Waals surface area contributed by atoms with Crippen molar-refractivity contribution in [2.45, 2.75) is 20.0 Å². The maximum Gasteiger partial charge on any atom is 0.344 e. The summed E-state index contributed by atoms with van der Waals surface area (Å²) in [5, 5.41) is 0.487. The Morgan fingerprint density at radius 2 is 2.06 bits per heavy atom. The lowest BCUT2D eigenvalue weighted by molar-refractivity contribution is -0.149. The highest BCUT2D eigenvalue weighted by molar-refractivity contribution is 6.36. The SMILES string of the molecule is CC(C)OC(=O)COc1c(Cl)cc(Cl)cc1C=O. The van der Waals surface area contributed by atoms with E-state index in [0.29, 0.717) is 11.3 Å². The third-order valence-electron chi connectivity index (χ3n) is 1.87. The van der Waals surface area contributed by atoms with Crippen molar-refractivity contribution in [1.82, 2.24) is 0 Å². The lowest BCUT2D eigenvalue weighted by Gasteiger charge is -2.11. The molecule has 18 heavy (non-hydrogen) atoms. The van der Waals surface area contributed by atoms with Crippen molar-refractivity contribution < 1.29 is 19.1 Å². The van der Waals surface area contributed by atoms with Gasteiger partial charge in [-0.1, -0.05) is 23.2 Å². The first-order chi connectivity index (χ1) is 8.43. The van der Waals surface area contributed by atoms with Crippen LogP contribution in [0.25, 0.3) is 0 Å². The number of carbonyl (C=O) groups is 2. The molecule has 0 saturated carbocycles. The van der Waals surface area contributed by atoms with E-state index in [9.17, 15) is 9.59 Å². The van der Waals surface area contributed by atoms with Crippen molar-refractivity contribution in [3.63, 3.8) is 0 Å². The minimum Gasteiger partial charge on any atom is -0.480 e. The largest absolute Gasteiger partial charge is 0.480 e. The Labute approximate surface area is 115 Å². The maximum absolute atomic E-state index is 11.3. The molecule has 0 radical (unpaired) electrons. The number of carbonyl (C=O) groups excluding carboxylic acids is 2. The molecule has 0 bridgehead atoms. The zero-order valence-electron chi connectivity index (χ0n) is 9.91. The fraction of sp³-hybridized carbons (Fsp3) is 0.333. The molecule has 0 amide bonds. The van der Waals surface area contributed by atoms with Crippen molar-refractivity contribution in [3.8, 4) is 5.75 Å². The van der Waals surface area contributed by atoms with E-state index >= 15 is 0 Å². The third-order valence-corrected chi connectivity index (χ3v) is 2.36. The molecule has 0 aliphatic heterocycles. The van der Waals surface area contributed by atoms with Crippen LogP contribution in [0.3, 0.4) is 0 Å².